The van der Waals surface area contributed by atoms with E-state index in [1.54, 1.807) is 17.5 Å². The lowest BCUT2D eigenvalue weighted by Crippen LogP contribution is -2.32. The Morgan fingerprint density at radius 2 is 2.04 bits per heavy atom. The molecule has 2 heterocycles. The van der Waals surface area contributed by atoms with Gasteiger partial charge >= 0.3 is 5.97 Å². The zero-order valence-electron chi connectivity index (χ0n) is 13.8. The fraction of sp³-hybridized carbons (Fsp3) is 0.176. The maximum absolute atomic E-state index is 12.0. The molecule has 1 aromatic heterocycles. The molecule has 0 radical (unpaired) electrons. The van der Waals surface area contributed by atoms with Crippen LogP contribution in [0.2, 0.25) is 0 Å². The van der Waals surface area contributed by atoms with Crippen LogP contribution < -0.4 is 20.1 Å². The van der Waals surface area contributed by atoms with Crippen molar-refractivity contribution in [1.29, 1.82) is 5.26 Å². The van der Waals surface area contributed by atoms with E-state index in [9.17, 15) is 14.4 Å². The van der Waals surface area contributed by atoms with E-state index in [1.165, 1.54) is 23.5 Å². The molecular formula is C17H13N3O6S. The summed E-state index contributed by atoms with van der Waals surface area (Å²) in [5.41, 5.74) is 0.627. The highest BCUT2D eigenvalue weighted by Crippen LogP contribution is 2.32. The SMILES string of the molecule is N#Cc1ccsc1NC(=O)COC(=O)CNC(=O)c1ccc2c(c1)OCO2. The van der Waals surface area contributed by atoms with Gasteiger partial charge in [-0.1, -0.05) is 0 Å². The largest absolute Gasteiger partial charge is 0.454 e. The Morgan fingerprint density at radius 1 is 1.22 bits per heavy atom. The van der Waals surface area contributed by atoms with E-state index in [4.69, 9.17) is 19.5 Å². The van der Waals surface area contributed by atoms with Crippen molar-refractivity contribution in [3.8, 4) is 17.6 Å². The molecule has 1 aromatic carbocycles. The summed E-state index contributed by atoms with van der Waals surface area (Å²) in [5.74, 6) is -0.850. The summed E-state index contributed by atoms with van der Waals surface area (Å²) in [5, 5.41) is 15.8. The molecule has 0 saturated heterocycles. The number of ether oxygens (including phenoxy) is 3. The molecule has 0 atom stereocenters. The summed E-state index contributed by atoms with van der Waals surface area (Å²) in [6, 6.07) is 8.14. The summed E-state index contributed by atoms with van der Waals surface area (Å²) < 4.78 is 15.1. The zero-order valence-corrected chi connectivity index (χ0v) is 14.6. The lowest BCUT2D eigenvalue weighted by Gasteiger charge is -2.07. The molecule has 0 bridgehead atoms. The molecule has 0 fully saturated rings. The number of esters is 1. The quantitative estimate of drug-likeness (QED) is 0.715. The van der Waals surface area contributed by atoms with Gasteiger partial charge in [0.15, 0.2) is 18.1 Å². The Kier molecular flexibility index (Phi) is 5.53. The lowest BCUT2D eigenvalue weighted by atomic mass is 10.2. The van der Waals surface area contributed by atoms with Crippen LogP contribution in [0.15, 0.2) is 29.6 Å². The molecule has 2 N–H and O–H groups in total. The monoisotopic (exact) mass is 387 g/mol. The van der Waals surface area contributed by atoms with Gasteiger partial charge in [-0.15, -0.1) is 11.3 Å². The van der Waals surface area contributed by atoms with Crippen LogP contribution in [0.5, 0.6) is 11.5 Å². The van der Waals surface area contributed by atoms with E-state index in [0.29, 0.717) is 27.6 Å². The number of anilines is 1. The molecular weight excluding hydrogens is 374 g/mol. The minimum atomic E-state index is -0.772. The van der Waals surface area contributed by atoms with Gasteiger partial charge in [0.05, 0.1) is 5.56 Å². The standard InChI is InChI=1S/C17H13N3O6S/c18-6-11-3-4-27-17(11)20-14(21)8-24-15(22)7-19-16(23)10-1-2-12-13(5-10)26-9-25-12/h1-5H,7-9H2,(H,19,23)(H,20,21). The topological polar surface area (TPSA) is 127 Å². The van der Waals surface area contributed by atoms with Crippen molar-refractivity contribution >= 4 is 34.1 Å². The fourth-order valence-corrected chi connectivity index (χ4v) is 2.90. The predicted octanol–water partition coefficient (Wildman–Crippen LogP) is 1.26. The number of nitrogens with zero attached hydrogens (tertiary/aromatic N) is 1. The van der Waals surface area contributed by atoms with Gasteiger partial charge in [0, 0.05) is 5.56 Å². The molecule has 0 aliphatic carbocycles. The van der Waals surface area contributed by atoms with Crippen molar-refractivity contribution in [3.63, 3.8) is 0 Å². The lowest BCUT2D eigenvalue weighted by molar-refractivity contribution is -0.146. The maximum Gasteiger partial charge on any atom is 0.325 e. The number of hydrogen-bond acceptors (Lipinski definition) is 8. The van der Waals surface area contributed by atoms with Crippen LogP contribution in [0.3, 0.4) is 0 Å². The molecule has 138 valence electrons. The van der Waals surface area contributed by atoms with Crippen LogP contribution in [0, 0.1) is 11.3 Å². The highest BCUT2D eigenvalue weighted by Gasteiger charge is 2.17. The minimum Gasteiger partial charge on any atom is -0.454 e. The number of rotatable bonds is 6. The maximum atomic E-state index is 12.0. The van der Waals surface area contributed by atoms with E-state index < -0.39 is 30.9 Å². The molecule has 3 rings (SSSR count). The van der Waals surface area contributed by atoms with E-state index in [-0.39, 0.29) is 6.79 Å². The number of amides is 2. The van der Waals surface area contributed by atoms with Crippen molar-refractivity contribution < 1.29 is 28.6 Å². The third-order valence-electron chi connectivity index (χ3n) is 3.43. The van der Waals surface area contributed by atoms with Gasteiger partial charge in [-0.2, -0.15) is 5.26 Å². The Balaban J connectivity index is 1.42. The van der Waals surface area contributed by atoms with E-state index in [2.05, 4.69) is 10.6 Å². The van der Waals surface area contributed by atoms with Gasteiger partial charge in [-0.05, 0) is 29.6 Å². The number of carbonyl (C=O) groups is 3. The smallest absolute Gasteiger partial charge is 0.325 e. The number of nitriles is 1. The number of thiophene rings is 1. The van der Waals surface area contributed by atoms with Crippen molar-refractivity contribution in [1.82, 2.24) is 5.32 Å². The van der Waals surface area contributed by atoms with Gasteiger partial charge in [-0.3, -0.25) is 14.4 Å². The predicted molar refractivity (Wildman–Crippen MR) is 93.5 cm³/mol. The number of nitrogens with one attached hydrogen (secondary N) is 2. The first-order valence-corrected chi connectivity index (χ1v) is 8.55. The highest BCUT2D eigenvalue weighted by atomic mass is 32.1. The molecule has 9 nitrogen and oxygen atoms in total. The second-order valence-corrected chi connectivity index (χ2v) is 6.15. The summed E-state index contributed by atoms with van der Waals surface area (Å²) in [6.45, 7) is -0.833. The highest BCUT2D eigenvalue weighted by molar-refractivity contribution is 7.14. The molecule has 2 aromatic rings. The third kappa shape index (κ3) is 4.53. The summed E-state index contributed by atoms with van der Waals surface area (Å²) in [4.78, 5) is 35.5. The van der Waals surface area contributed by atoms with Crippen LogP contribution in [-0.2, 0) is 14.3 Å². The molecule has 0 unspecified atom stereocenters. The fourth-order valence-electron chi connectivity index (χ4n) is 2.15. The third-order valence-corrected chi connectivity index (χ3v) is 4.26. The molecule has 2 amide bonds. The zero-order chi connectivity index (χ0) is 19.2. The number of hydrogen-bond donors (Lipinski definition) is 2. The number of benzene rings is 1. The van der Waals surface area contributed by atoms with Gasteiger partial charge in [0.2, 0.25) is 6.79 Å². The second kappa shape index (κ2) is 8.20. The Bertz CT molecular complexity index is 933. The average Bonchev–Trinajstić information content (AvgIpc) is 3.32. The first-order chi connectivity index (χ1) is 13.1. The van der Waals surface area contributed by atoms with Crippen molar-refractivity contribution in [2.24, 2.45) is 0 Å². The van der Waals surface area contributed by atoms with Gasteiger partial charge < -0.3 is 24.8 Å². The Hall–Kier alpha value is -3.58. The van der Waals surface area contributed by atoms with E-state index in [0.717, 1.165) is 0 Å². The molecule has 1 aliphatic heterocycles. The van der Waals surface area contributed by atoms with Crippen LogP contribution in [-0.4, -0.2) is 37.7 Å². The van der Waals surface area contributed by atoms with Crippen LogP contribution in [0.4, 0.5) is 5.00 Å². The first kappa shape index (κ1) is 18.2. The summed E-state index contributed by atoms with van der Waals surface area (Å²) in [7, 11) is 0. The van der Waals surface area contributed by atoms with E-state index in [1.807, 2.05) is 6.07 Å². The summed E-state index contributed by atoms with van der Waals surface area (Å²) in [6.07, 6.45) is 0. The van der Waals surface area contributed by atoms with E-state index >= 15 is 0 Å². The minimum absolute atomic E-state index is 0.0934. The molecule has 0 saturated carbocycles. The van der Waals surface area contributed by atoms with Gasteiger partial charge in [0.25, 0.3) is 11.8 Å². The molecule has 27 heavy (non-hydrogen) atoms. The first-order valence-electron chi connectivity index (χ1n) is 7.67. The van der Waals surface area contributed by atoms with Crippen molar-refractivity contribution in [2.45, 2.75) is 0 Å². The van der Waals surface area contributed by atoms with Gasteiger partial charge in [0.1, 0.15) is 17.6 Å². The van der Waals surface area contributed by atoms with Crippen molar-refractivity contribution in [2.75, 3.05) is 25.3 Å². The molecule has 0 spiro atoms. The van der Waals surface area contributed by atoms with Crippen LogP contribution in [0.1, 0.15) is 15.9 Å². The summed E-state index contributed by atoms with van der Waals surface area (Å²) >= 11 is 1.19. The molecule has 10 heteroatoms. The average molecular weight is 387 g/mol. The molecule has 1 aliphatic rings. The number of fused-ring (bicyclic) bond motifs is 1. The van der Waals surface area contributed by atoms with Crippen molar-refractivity contribution in [3.05, 3.63) is 40.8 Å². The Morgan fingerprint density at radius 3 is 2.85 bits per heavy atom. The normalized spacial score (nSPS) is 11.4. The second-order valence-electron chi connectivity index (χ2n) is 5.23. The van der Waals surface area contributed by atoms with Crippen LogP contribution >= 0.6 is 11.3 Å². The Labute approximate surface area is 157 Å². The van der Waals surface area contributed by atoms with Crippen LogP contribution in [0.25, 0.3) is 0 Å². The number of carbonyl (C=O) groups excluding carboxylic acids is 3. The van der Waals surface area contributed by atoms with Gasteiger partial charge in [-0.25, -0.2) is 0 Å².